The van der Waals surface area contributed by atoms with Crippen LogP contribution in [0.2, 0.25) is 0 Å². The van der Waals surface area contributed by atoms with Crippen molar-refractivity contribution in [2.45, 2.75) is 13.8 Å². The maximum Gasteiger partial charge on any atom is 0.312 e. The van der Waals surface area contributed by atoms with E-state index in [1.165, 1.54) is 12.1 Å². The van der Waals surface area contributed by atoms with Crippen LogP contribution < -0.4 is 4.74 Å². The van der Waals surface area contributed by atoms with Crippen molar-refractivity contribution in [2.75, 3.05) is 0 Å². The van der Waals surface area contributed by atoms with Gasteiger partial charge >= 0.3 is 5.69 Å². The van der Waals surface area contributed by atoms with E-state index in [0.717, 1.165) is 5.56 Å². The highest BCUT2D eigenvalue weighted by Gasteiger charge is 2.20. The van der Waals surface area contributed by atoms with Gasteiger partial charge in [0.1, 0.15) is 11.5 Å². The number of benzene rings is 2. The van der Waals surface area contributed by atoms with Gasteiger partial charge < -0.3 is 9.84 Å². The van der Waals surface area contributed by atoms with Crippen LogP contribution >= 0.6 is 0 Å². The second-order valence-corrected chi connectivity index (χ2v) is 4.23. The largest absolute Gasteiger partial charge is 0.508 e. The first-order valence-corrected chi connectivity index (χ1v) is 5.70. The lowest BCUT2D eigenvalue weighted by molar-refractivity contribution is -0.385. The van der Waals surface area contributed by atoms with Gasteiger partial charge in [0.15, 0.2) is 0 Å². The predicted molar refractivity (Wildman–Crippen MR) is 70.8 cm³/mol. The van der Waals surface area contributed by atoms with Crippen molar-refractivity contribution in [3.63, 3.8) is 0 Å². The molecule has 0 bridgehead atoms. The molecule has 0 saturated heterocycles. The summed E-state index contributed by atoms with van der Waals surface area (Å²) in [6.45, 7) is 3.48. The van der Waals surface area contributed by atoms with E-state index in [9.17, 15) is 15.2 Å². The Balaban J connectivity index is 2.49. The average molecular weight is 259 g/mol. The maximum absolute atomic E-state index is 11.0. The molecule has 0 aliphatic heterocycles. The molecule has 0 saturated carbocycles. The summed E-state index contributed by atoms with van der Waals surface area (Å²) in [5.41, 5.74) is 1.16. The van der Waals surface area contributed by atoms with Gasteiger partial charge in [-0.15, -0.1) is 0 Å². The molecule has 0 aromatic heterocycles. The van der Waals surface area contributed by atoms with Crippen molar-refractivity contribution >= 4 is 5.69 Å². The highest BCUT2D eigenvalue weighted by Crippen LogP contribution is 2.38. The third-order valence-electron chi connectivity index (χ3n) is 2.76. The Morgan fingerprint density at radius 1 is 1.21 bits per heavy atom. The Labute approximate surface area is 110 Å². The van der Waals surface area contributed by atoms with Crippen LogP contribution in [-0.4, -0.2) is 10.0 Å². The van der Waals surface area contributed by atoms with E-state index in [1.807, 2.05) is 13.0 Å². The smallest absolute Gasteiger partial charge is 0.312 e. The van der Waals surface area contributed by atoms with Gasteiger partial charge in [-0.1, -0.05) is 12.1 Å². The molecule has 0 aliphatic carbocycles. The Morgan fingerprint density at radius 3 is 2.58 bits per heavy atom. The molecule has 5 heteroatoms. The zero-order valence-corrected chi connectivity index (χ0v) is 10.6. The number of phenolic OH excluding ortho intramolecular Hbond substituents is 1. The van der Waals surface area contributed by atoms with Crippen molar-refractivity contribution in [3.8, 4) is 17.2 Å². The maximum atomic E-state index is 11.0. The van der Waals surface area contributed by atoms with Crippen LogP contribution in [0.5, 0.6) is 17.2 Å². The quantitative estimate of drug-likeness (QED) is 0.673. The summed E-state index contributed by atoms with van der Waals surface area (Å²) in [6, 6.07) is 9.70. The van der Waals surface area contributed by atoms with Crippen LogP contribution in [0.15, 0.2) is 36.4 Å². The Hall–Kier alpha value is -2.56. The molecule has 0 fully saturated rings. The molecule has 1 N–H and O–H groups in total. The molecule has 0 atom stereocenters. The summed E-state index contributed by atoms with van der Waals surface area (Å²) in [5, 5.41) is 20.6. The number of nitrogens with zero attached hydrogens (tertiary/aromatic N) is 1. The summed E-state index contributed by atoms with van der Waals surface area (Å²) in [5.74, 6) is 0.528. The molecule has 0 spiro atoms. The van der Waals surface area contributed by atoms with Crippen molar-refractivity contribution < 1.29 is 14.8 Å². The molecule has 0 aliphatic rings. The molecular weight excluding hydrogens is 246 g/mol. The van der Waals surface area contributed by atoms with E-state index < -0.39 is 4.92 Å². The highest BCUT2D eigenvalue weighted by molar-refractivity contribution is 5.58. The number of aryl methyl sites for hydroxylation is 1. The molecule has 0 radical (unpaired) electrons. The van der Waals surface area contributed by atoms with E-state index in [-0.39, 0.29) is 17.2 Å². The molecule has 5 nitrogen and oxygen atoms in total. The lowest BCUT2D eigenvalue weighted by Gasteiger charge is -2.10. The van der Waals surface area contributed by atoms with Crippen molar-refractivity contribution in [2.24, 2.45) is 0 Å². The molecule has 2 rings (SSSR count). The van der Waals surface area contributed by atoms with Crippen molar-refractivity contribution in [1.82, 2.24) is 0 Å². The van der Waals surface area contributed by atoms with Crippen LogP contribution in [0.4, 0.5) is 5.69 Å². The molecule has 0 heterocycles. The minimum absolute atomic E-state index is 0.0340. The summed E-state index contributed by atoms with van der Waals surface area (Å²) in [6.07, 6.45) is 0. The van der Waals surface area contributed by atoms with Crippen LogP contribution in [0.25, 0.3) is 0 Å². The molecule has 2 aromatic rings. The minimum Gasteiger partial charge on any atom is -0.508 e. The average Bonchev–Trinajstić information content (AvgIpc) is 2.35. The van der Waals surface area contributed by atoms with E-state index >= 15 is 0 Å². The number of nitro groups is 1. The Kier molecular flexibility index (Phi) is 3.37. The fraction of sp³-hybridized carbons (Fsp3) is 0.143. The van der Waals surface area contributed by atoms with Gasteiger partial charge in [0.05, 0.1) is 4.92 Å². The normalized spacial score (nSPS) is 10.2. The Bertz CT molecular complexity index is 637. The van der Waals surface area contributed by atoms with Crippen molar-refractivity contribution in [3.05, 3.63) is 57.6 Å². The van der Waals surface area contributed by atoms with Gasteiger partial charge in [-0.2, -0.15) is 0 Å². The zero-order chi connectivity index (χ0) is 14.0. The van der Waals surface area contributed by atoms with Gasteiger partial charge in [0.25, 0.3) is 0 Å². The van der Waals surface area contributed by atoms with E-state index in [1.54, 1.807) is 25.1 Å². The number of nitro benzene ring substituents is 1. The Morgan fingerprint density at radius 2 is 1.95 bits per heavy atom. The molecule has 0 unspecified atom stereocenters. The third kappa shape index (κ3) is 2.65. The second-order valence-electron chi connectivity index (χ2n) is 4.23. The zero-order valence-electron chi connectivity index (χ0n) is 10.6. The summed E-state index contributed by atoms with van der Waals surface area (Å²) in [7, 11) is 0. The monoisotopic (exact) mass is 259 g/mol. The van der Waals surface area contributed by atoms with E-state index in [2.05, 4.69) is 0 Å². The van der Waals surface area contributed by atoms with Gasteiger partial charge in [-0.05, 0) is 37.6 Å². The minimum atomic E-state index is -0.530. The summed E-state index contributed by atoms with van der Waals surface area (Å²) in [4.78, 5) is 10.5. The highest BCUT2D eigenvalue weighted by atomic mass is 16.6. The first-order valence-electron chi connectivity index (χ1n) is 5.70. The number of aromatic hydroxyl groups is 1. The van der Waals surface area contributed by atoms with Gasteiger partial charge in [0.2, 0.25) is 5.75 Å². The van der Waals surface area contributed by atoms with Crippen LogP contribution in [0.3, 0.4) is 0 Å². The molecular formula is C14H13NO4. The van der Waals surface area contributed by atoms with E-state index in [0.29, 0.717) is 11.3 Å². The standard InChI is InChI=1S/C14H13NO4/c1-9-4-3-5-11(8-9)19-14-10(2)13(16)7-6-12(14)15(17)18/h3-8,16H,1-2H3. The number of hydrogen-bond acceptors (Lipinski definition) is 4. The lowest BCUT2D eigenvalue weighted by atomic mass is 10.1. The van der Waals surface area contributed by atoms with Gasteiger partial charge in [-0.25, -0.2) is 0 Å². The summed E-state index contributed by atoms with van der Waals surface area (Å²) < 4.78 is 5.56. The van der Waals surface area contributed by atoms with Crippen LogP contribution in [0, 0.1) is 24.0 Å². The second kappa shape index (κ2) is 4.97. The topological polar surface area (TPSA) is 72.6 Å². The predicted octanol–water partition coefficient (Wildman–Crippen LogP) is 3.71. The molecule has 0 amide bonds. The van der Waals surface area contributed by atoms with Gasteiger partial charge in [-0.3, -0.25) is 10.1 Å². The third-order valence-corrected chi connectivity index (χ3v) is 2.76. The summed E-state index contributed by atoms with van der Waals surface area (Å²) >= 11 is 0. The number of phenols is 1. The number of hydrogen-bond donors (Lipinski definition) is 1. The lowest BCUT2D eigenvalue weighted by Crippen LogP contribution is -1.96. The van der Waals surface area contributed by atoms with Crippen molar-refractivity contribution in [1.29, 1.82) is 0 Å². The fourth-order valence-electron chi connectivity index (χ4n) is 1.74. The number of rotatable bonds is 3. The van der Waals surface area contributed by atoms with Crippen LogP contribution in [0.1, 0.15) is 11.1 Å². The first kappa shape index (κ1) is 12.9. The van der Waals surface area contributed by atoms with E-state index in [4.69, 9.17) is 4.74 Å². The first-order chi connectivity index (χ1) is 8.99. The molecule has 98 valence electrons. The van der Waals surface area contributed by atoms with Gasteiger partial charge in [0, 0.05) is 11.6 Å². The molecule has 19 heavy (non-hydrogen) atoms. The van der Waals surface area contributed by atoms with Crippen LogP contribution in [-0.2, 0) is 0 Å². The number of ether oxygens (including phenoxy) is 1. The fourth-order valence-corrected chi connectivity index (χ4v) is 1.74. The SMILES string of the molecule is Cc1cccc(Oc2c([N+](=O)[O-])ccc(O)c2C)c1. The molecule has 2 aromatic carbocycles.